The summed E-state index contributed by atoms with van der Waals surface area (Å²) >= 11 is 0. The lowest BCUT2D eigenvalue weighted by molar-refractivity contribution is -0.140. The van der Waals surface area contributed by atoms with E-state index >= 15 is 0 Å². The molecule has 1 saturated carbocycles. The Morgan fingerprint density at radius 1 is 1.43 bits per heavy atom. The van der Waals surface area contributed by atoms with Gasteiger partial charge in [0.1, 0.15) is 0 Å². The predicted octanol–water partition coefficient (Wildman–Crippen LogP) is 0.814. The van der Waals surface area contributed by atoms with Gasteiger partial charge in [-0.15, -0.1) is 6.58 Å². The first-order valence-electron chi connectivity index (χ1n) is 6.78. The quantitative estimate of drug-likeness (QED) is 0.397. The average molecular weight is 296 g/mol. The molecular weight excluding hydrogens is 272 g/mol. The number of aliphatic hydroxyl groups is 3. The summed E-state index contributed by atoms with van der Waals surface area (Å²) in [6.45, 7) is 12.7. The molecule has 0 aromatic carbocycles. The second-order valence-electron chi connectivity index (χ2n) is 5.81. The Morgan fingerprint density at radius 3 is 2.43 bits per heavy atom. The molecule has 118 valence electrons. The van der Waals surface area contributed by atoms with Crippen molar-refractivity contribution < 1.29 is 24.9 Å². The summed E-state index contributed by atoms with van der Waals surface area (Å²) in [5.41, 5.74) is -0.190. The summed E-state index contributed by atoms with van der Waals surface area (Å²) in [4.78, 5) is 11.6. The molecule has 1 aliphatic carbocycles. The Labute approximate surface area is 125 Å². The molecule has 0 unspecified atom stereocenters. The normalized spacial score (nSPS) is 35.9. The van der Waals surface area contributed by atoms with Gasteiger partial charge < -0.3 is 20.1 Å². The lowest BCUT2D eigenvalue weighted by Crippen LogP contribution is -2.53. The Balaban J connectivity index is 3.22. The van der Waals surface area contributed by atoms with Crippen LogP contribution in [0.4, 0.5) is 0 Å². The summed E-state index contributed by atoms with van der Waals surface area (Å²) in [6, 6.07) is 0. The first-order chi connectivity index (χ1) is 9.73. The molecule has 3 N–H and O–H groups in total. The second kappa shape index (κ2) is 6.56. The van der Waals surface area contributed by atoms with Crippen molar-refractivity contribution in [1.29, 1.82) is 0 Å². The number of hydrogen-bond acceptors (Lipinski definition) is 5. The van der Waals surface area contributed by atoms with Crippen molar-refractivity contribution in [3.8, 4) is 0 Å². The number of ether oxygens (including phenoxy) is 1. The first kappa shape index (κ1) is 17.6. The molecule has 21 heavy (non-hydrogen) atoms. The van der Waals surface area contributed by atoms with Gasteiger partial charge in [-0.2, -0.15) is 0 Å². The van der Waals surface area contributed by atoms with E-state index in [0.29, 0.717) is 5.57 Å². The van der Waals surface area contributed by atoms with Crippen LogP contribution >= 0.6 is 0 Å². The van der Waals surface area contributed by atoms with E-state index in [4.69, 9.17) is 0 Å². The SMILES string of the molecule is C=C[C@]1(C)C[C@H](O)[C@H](C(=C)C(=O)OC)[C@@H](O)[C@@H]1C(=C)CO. The zero-order valence-electron chi connectivity index (χ0n) is 12.6. The highest BCUT2D eigenvalue weighted by Gasteiger charge is 2.51. The molecule has 0 aliphatic heterocycles. The van der Waals surface area contributed by atoms with Crippen LogP contribution in [-0.2, 0) is 9.53 Å². The highest BCUT2D eigenvalue weighted by Crippen LogP contribution is 2.49. The maximum atomic E-state index is 11.6. The van der Waals surface area contributed by atoms with Gasteiger partial charge >= 0.3 is 5.97 Å². The third-order valence-electron chi connectivity index (χ3n) is 4.44. The molecule has 0 spiro atoms. The van der Waals surface area contributed by atoms with E-state index in [1.54, 1.807) is 6.08 Å². The Bertz CT molecular complexity index is 456. The highest BCUT2D eigenvalue weighted by molar-refractivity contribution is 5.88. The molecular formula is C16H24O5. The molecule has 1 fully saturated rings. The summed E-state index contributed by atoms with van der Waals surface area (Å²) in [6.07, 6.45) is -0.152. The molecule has 1 rings (SSSR count). The molecule has 0 bridgehead atoms. The number of carbonyl (C=O) groups excluding carboxylic acids is 1. The molecule has 5 nitrogen and oxygen atoms in total. The molecule has 0 aromatic heterocycles. The topological polar surface area (TPSA) is 87.0 Å². The van der Waals surface area contributed by atoms with Gasteiger partial charge in [0.2, 0.25) is 0 Å². The second-order valence-corrected chi connectivity index (χ2v) is 5.81. The van der Waals surface area contributed by atoms with Crippen molar-refractivity contribution >= 4 is 5.97 Å². The summed E-state index contributed by atoms with van der Waals surface area (Å²) in [5.74, 6) is -2.07. The molecule has 0 saturated heterocycles. The summed E-state index contributed by atoms with van der Waals surface area (Å²) in [5, 5.41) is 30.3. The Morgan fingerprint density at radius 2 is 2.00 bits per heavy atom. The number of methoxy groups -OCH3 is 1. The van der Waals surface area contributed by atoms with Gasteiger partial charge in [-0.1, -0.05) is 26.2 Å². The highest BCUT2D eigenvalue weighted by atomic mass is 16.5. The van der Waals surface area contributed by atoms with Crippen LogP contribution in [0.5, 0.6) is 0 Å². The van der Waals surface area contributed by atoms with Gasteiger partial charge in [0.15, 0.2) is 0 Å². The maximum absolute atomic E-state index is 11.6. The minimum atomic E-state index is -1.11. The van der Waals surface area contributed by atoms with Crippen LogP contribution in [-0.4, -0.2) is 47.2 Å². The molecule has 0 radical (unpaired) electrons. The molecule has 0 aromatic rings. The van der Waals surface area contributed by atoms with Crippen LogP contribution in [0, 0.1) is 17.3 Å². The number of carbonyl (C=O) groups is 1. The third-order valence-corrected chi connectivity index (χ3v) is 4.44. The number of rotatable bonds is 5. The van der Waals surface area contributed by atoms with Gasteiger partial charge in [-0.05, 0) is 17.4 Å². The average Bonchev–Trinajstić information content (AvgIpc) is 2.45. The standard InChI is InChI=1S/C16H24O5/c1-6-16(4)7-11(18)12(10(3)15(20)21-5)14(19)13(16)9(2)8-17/h6,11-14,17-19H,1-3,7-8H2,4-5H3/t11-,12-,13-,14+,16+/m0/s1. The molecule has 0 amide bonds. The Kier molecular flexibility index (Phi) is 5.50. The van der Waals surface area contributed by atoms with E-state index in [1.807, 2.05) is 6.92 Å². The van der Waals surface area contributed by atoms with E-state index in [9.17, 15) is 20.1 Å². The van der Waals surface area contributed by atoms with Crippen molar-refractivity contribution in [2.45, 2.75) is 25.6 Å². The number of allylic oxidation sites excluding steroid dienone is 1. The van der Waals surface area contributed by atoms with E-state index in [1.165, 1.54) is 7.11 Å². The number of esters is 1. The summed E-state index contributed by atoms with van der Waals surface area (Å²) < 4.78 is 4.61. The van der Waals surface area contributed by atoms with Crippen molar-refractivity contribution in [2.24, 2.45) is 17.3 Å². The molecule has 5 atom stereocenters. The van der Waals surface area contributed by atoms with Gasteiger partial charge in [-0.25, -0.2) is 4.79 Å². The maximum Gasteiger partial charge on any atom is 0.333 e. The molecule has 0 heterocycles. The van der Waals surface area contributed by atoms with Crippen LogP contribution in [0.15, 0.2) is 37.0 Å². The largest absolute Gasteiger partial charge is 0.466 e. The van der Waals surface area contributed by atoms with Crippen LogP contribution in [0.25, 0.3) is 0 Å². The zero-order valence-corrected chi connectivity index (χ0v) is 12.6. The fourth-order valence-electron chi connectivity index (χ4n) is 3.25. The predicted molar refractivity (Wildman–Crippen MR) is 79.3 cm³/mol. The lowest BCUT2D eigenvalue weighted by Gasteiger charge is -2.49. The van der Waals surface area contributed by atoms with Crippen molar-refractivity contribution in [2.75, 3.05) is 13.7 Å². The van der Waals surface area contributed by atoms with Crippen LogP contribution in [0.3, 0.4) is 0 Å². The summed E-state index contributed by atoms with van der Waals surface area (Å²) in [7, 11) is 1.22. The van der Waals surface area contributed by atoms with E-state index in [2.05, 4.69) is 24.5 Å². The van der Waals surface area contributed by atoms with Crippen LogP contribution < -0.4 is 0 Å². The third kappa shape index (κ3) is 3.10. The minimum absolute atomic E-state index is 0.0133. The first-order valence-corrected chi connectivity index (χ1v) is 6.78. The van der Waals surface area contributed by atoms with E-state index in [-0.39, 0.29) is 18.6 Å². The van der Waals surface area contributed by atoms with Gasteiger partial charge in [0.25, 0.3) is 0 Å². The van der Waals surface area contributed by atoms with Crippen LogP contribution in [0.2, 0.25) is 0 Å². The lowest BCUT2D eigenvalue weighted by atomic mass is 9.58. The molecule has 1 aliphatic rings. The number of aliphatic hydroxyl groups excluding tert-OH is 3. The van der Waals surface area contributed by atoms with Gasteiger partial charge in [0.05, 0.1) is 25.9 Å². The van der Waals surface area contributed by atoms with Crippen molar-refractivity contribution in [3.63, 3.8) is 0 Å². The van der Waals surface area contributed by atoms with Crippen molar-refractivity contribution in [1.82, 2.24) is 0 Å². The van der Waals surface area contributed by atoms with Crippen LogP contribution in [0.1, 0.15) is 13.3 Å². The Hall–Kier alpha value is -1.43. The van der Waals surface area contributed by atoms with Gasteiger partial charge in [-0.3, -0.25) is 0 Å². The zero-order chi connectivity index (χ0) is 16.4. The fourth-order valence-corrected chi connectivity index (χ4v) is 3.25. The fraction of sp³-hybridized carbons (Fsp3) is 0.562. The smallest absolute Gasteiger partial charge is 0.333 e. The molecule has 5 heteroatoms. The minimum Gasteiger partial charge on any atom is -0.466 e. The van der Waals surface area contributed by atoms with Gasteiger partial charge in [0, 0.05) is 17.4 Å². The van der Waals surface area contributed by atoms with Crippen molar-refractivity contribution in [3.05, 3.63) is 37.0 Å². The van der Waals surface area contributed by atoms with E-state index < -0.39 is 35.4 Å². The monoisotopic (exact) mass is 296 g/mol. The number of hydrogen-bond donors (Lipinski definition) is 3. The van der Waals surface area contributed by atoms with E-state index in [0.717, 1.165) is 0 Å².